The number of carbonyl (C=O) groups excluding carboxylic acids is 1. The van der Waals surface area contributed by atoms with Crippen molar-refractivity contribution < 1.29 is 23.1 Å². The molecule has 0 atom stereocenters. The van der Waals surface area contributed by atoms with Crippen molar-refractivity contribution >= 4 is 27.7 Å². The topological polar surface area (TPSA) is 107 Å². The van der Waals surface area contributed by atoms with Crippen LogP contribution in [0.1, 0.15) is 20.3 Å². The first-order valence-electron chi connectivity index (χ1n) is 7.68. The number of nitrogens with zero attached hydrogens (tertiary/aromatic N) is 3. The molecule has 0 spiro atoms. The van der Waals surface area contributed by atoms with Crippen molar-refractivity contribution in [2.45, 2.75) is 20.3 Å². The zero-order valence-electron chi connectivity index (χ0n) is 13.7. The van der Waals surface area contributed by atoms with E-state index in [1.807, 2.05) is 13.8 Å². The molecule has 24 heavy (non-hydrogen) atoms. The molecule has 0 aliphatic carbocycles. The van der Waals surface area contributed by atoms with E-state index in [-0.39, 0.29) is 37.1 Å². The number of carboxylic acids is 1. The van der Waals surface area contributed by atoms with Crippen LogP contribution in [0.3, 0.4) is 0 Å². The molecule has 2 aliphatic heterocycles. The quantitative estimate of drug-likeness (QED) is 0.741. The van der Waals surface area contributed by atoms with E-state index in [2.05, 4.69) is 4.40 Å². The van der Waals surface area contributed by atoms with Gasteiger partial charge in [-0.1, -0.05) is 13.8 Å². The van der Waals surface area contributed by atoms with Crippen LogP contribution >= 0.6 is 0 Å². The number of rotatable bonds is 6. The fourth-order valence-corrected chi connectivity index (χ4v) is 3.43. The Morgan fingerprint density at radius 1 is 1.38 bits per heavy atom. The van der Waals surface area contributed by atoms with Gasteiger partial charge in [0.1, 0.15) is 5.84 Å². The molecule has 8 nitrogen and oxygen atoms in total. The number of amidine groups is 1. The van der Waals surface area contributed by atoms with Gasteiger partial charge >= 0.3 is 5.97 Å². The van der Waals surface area contributed by atoms with Crippen LogP contribution in [0, 0.1) is 5.92 Å². The predicted octanol–water partition coefficient (Wildman–Crippen LogP) is 0.443. The summed E-state index contributed by atoms with van der Waals surface area (Å²) < 4.78 is 26.7. The number of hydrogen-bond acceptors (Lipinski definition) is 5. The van der Waals surface area contributed by atoms with Gasteiger partial charge < -0.3 is 14.9 Å². The molecular weight excluding hydrogens is 334 g/mol. The molecule has 2 aliphatic rings. The van der Waals surface area contributed by atoms with E-state index < -0.39 is 16.0 Å². The van der Waals surface area contributed by atoms with Crippen LogP contribution < -0.4 is 0 Å². The Bertz CT molecular complexity index is 721. The third kappa shape index (κ3) is 4.67. The zero-order valence-corrected chi connectivity index (χ0v) is 14.5. The van der Waals surface area contributed by atoms with Gasteiger partial charge in [0.2, 0.25) is 0 Å². The average molecular weight is 355 g/mol. The summed E-state index contributed by atoms with van der Waals surface area (Å²) in [5.74, 6) is -0.835. The maximum Gasteiger partial charge on any atom is 0.305 e. The van der Waals surface area contributed by atoms with Gasteiger partial charge in [-0.25, -0.2) is 8.42 Å². The van der Waals surface area contributed by atoms with Gasteiger partial charge in [0.25, 0.3) is 15.9 Å². The van der Waals surface area contributed by atoms with Gasteiger partial charge in [-0.2, -0.15) is 0 Å². The summed E-state index contributed by atoms with van der Waals surface area (Å²) in [6.45, 7) is 4.72. The van der Waals surface area contributed by atoms with E-state index in [1.165, 1.54) is 17.1 Å². The smallest absolute Gasteiger partial charge is 0.305 e. The summed E-state index contributed by atoms with van der Waals surface area (Å²) in [5, 5.41) is 8.84. The fraction of sp³-hybridized carbons (Fsp3) is 0.533. The number of hydrogen-bond donors (Lipinski definition) is 1. The van der Waals surface area contributed by atoms with Crippen molar-refractivity contribution in [3.63, 3.8) is 0 Å². The summed E-state index contributed by atoms with van der Waals surface area (Å²) >= 11 is 0. The molecule has 0 aromatic rings. The van der Waals surface area contributed by atoms with Crippen LogP contribution in [0.15, 0.2) is 28.3 Å². The van der Waals surface area contributed by atoms with Crippen molar-refractivity contribution in [3.05, 3.63) is 23.9 Å². The lowest BCUT2D eigenvalue weighted by Gasteiger charge is -2.29. The standard InChI is InChI=1S/C15H21N3O5S/c1-11(2)9-18(6-5-14(19)20)15(21)12-3-4-13-16-24(22,23)8-7-17(13)10-12/h3-4,10-11H,5-9H2,1-2H3,(H,19,20). The van der Waals surface area contributed by atoms with Crippen LogP contribution in [0.5, 0.6) is 0 Å². The van der Waals surface area contributed by atoms with Crippen LogP contribution in [0.2, 0.25) is 0 Å². The second-order valence-corrected chi connectivity index (χ2v) is 7.89. The molecule has 132 valence electrons. The molecule has 1 amide bonds. The highest BCUT2D eigenvalue weighted by Gasteiger charge is 2.27. The Kier molecular flexibility index (Phi) is 5.43. The van der Waals surface area contributed by atoms with Gasteiger partial charge in [0, 0.05) is 25.8 Å². The number of fused-ring (bicyclic) bond motifs is 1. The minimum atomic E-state index is -3.44. The molecular formula is C15H21N3O5S. The Morgan fingerprint density at radius 3 is 2.71 bits per heavy atom. The molecule has 0 radical (unpaired) electrons. The number of sulfonamides is 1. The fourth-order valence-electron chi connectivity index (χ4n) is 2.46. The molecule has 1 N–H and O–H groups in total. The largest absolute Gasteiger partial charge is 0.481 e. The van der Waals surface area contributed by atoms with Crippen LogP contribution in [-0.2, 0) is 19.6 Å². The second kappa shape index (κ2) is 7.16. The van der Waals surface area contributed by atoms with E-state index in [0.29, 0.717) is 18.0 Å². The maximum atomic E-state index is 12.7. The van der Waals surface area contributed by atoms with Crippen molar-refractivity contribution in [1.82, 2.24) is 9.80 Å². The lowest BCUT2D eigenvalue weighted by molar-refractivity contribution is -0.138. The summed E-state index contributed by atoms with van der Waals surface area (Å²) in [5.41, 5.74) is 0.388. The van der Waals surface area contributed by atoms with E-state index in [0.717, 1.165) is 0 Å². The van der Waals surface area contributed by atoms with Crippen molar-refractivity contribution in [1.29, 1.82) is 0 Å². The highest BCUT2D eigenvalue weighted by atomic mass is 32.2. The molecule has 2 rings (SSSR count). The Morgan fingerprint density at radius 2 is 2.08 bits per heavy atom. The minimum absolute atomic E-state index is 0.100. The highest BCUT2D eigenvalue weighted by molar-refractivity contribution is 7.90. The molecule has 0 saturated carbocycles. The van der Waals surface area contributed by atoms with Crippen molar-refractivity contribution in [2.75, 3.05) is 25.4 Å². The molecule has 9 heteroatoms. The molecule has 0 saturated heterocycles. The van der Waals surface area contributed by atoms with E-state index >= 15 is 0 Å². The molecule has 0 unspecified atom stereocenters. The van der Waals surface area contributed by atoms with Gasteiger partial charge in [-0.3, -0.25) is 9.59 Å². The predicted molar refractivity (Wildman–Crippen MR) is 88.8 cm³/mol. The molecule has 0 fully saturated rings. The van der Waals surface area contributed by atoms with Gasteiger partial charge in [-0.15, -0.1) is 4.40 Å². The monoisotopic (exact) mass is 355 g/mol. The summed E-state index contributed by atoms with van der Waals surface area (Å²) in [6.07, 6.45) is 4.47. The van der Waals surface area contributed by atoms with Crippen LogP contribution in [0.25, 0.3) is 0 Å². The lowest BCUT2D eigenvalue weighted by Crippen LogP contribution is -2.40. The Balaban J connectivity index is 2.17. The summed E-state index contributed by atoms with van der Waals surface area (Å²) in [6, 6.07) is 0. The van der Waals surface area contributed by atoms with E-state index in [9.17, 15) is 18.0 Å². The third-order valence-electron chi connectivity index (χ3n) is 3.54. The normalized spacial score (nSPS) is 18.7. The SMILES string of the molecule is CC(C)CN(CCC(=O)O)C(=O)C1=CN2CCS(=O)(=O)N=C2C=C1. The van der Waals surface area contributed by atoms with Crippen LogP contribution in [0.4, 0.5) is 0 Å². The Hall–Kier alpha value is -2.16. The molecule has 2 heterocycles. The Labute approximate surface area is 141 Å². The first-order chi connectivity index (χ1) is 11.2. The molecule has 0 bridgehead atoms. The van der Waals surface area contributed by atoms with E-state index in [4.69, 9.17) is 5.11 Å². The zero-order chi connectivity index (χ0) is 17.9. The first-order valence-corrected chi connectivity index (χ1v) is 9.29. The molecule has 0 aromatic carbocycles. The lowest BCUT2D eigenvalue weighted by atomic mass is 10.1. The number of carbonyl (C=O) groups is 2. The van der Waals surface area contributed by atoms with Crippen molar-refractivity contribution in [3.8, 4) is 0 Å². The first kappa shape index (κ1) is 18.2. The maximum absolute atomic E-state index is 12.7. The average Bonchev–Trinajstić information content (AvgIpc) is 2.49. The second-order valence-electron chi connectivity index (χ2n) is 6.14. The van der Waals surface area contributed by atoms with Crippen molar-refractivity contribution in [2.24, 2.45) is 10.3 Å². The number of carboxylic acid groups (broad SMARTS) is 1. The highest BCUT2D eigenvalue weighted by Crippen LogP contribution is 2.18. The molecule has 0 aromatic heterocycles. The summed E-state index contributed by atoms with van der Waals surface area (Å²) in [4.78, 5) is 26.6. The van der Waals surface area contributed by atoms with Crippen LogP contribution in [-0.4, -0.2) is 66.4 Å². The number of aliphatic carboxylic acids is 1. The third-order valence-corrected chi connectivity index (χ3v) is 4.70. The summed E-state index contributed by atoms with van der Waals surface area (Å²) in [7, 11) is -3.44. The van der Waals surface area contributed by atoms with Gasteiger partial charge in [0.15, 0.2) is 0 Å². The van der Waals surface area contributed by atoms with E-state index in [1.54, 1.807) is 11.1 Å². The van der Waals surface area contributed by atoms with Gasteiger partial charge in [-0.05, 0) is 18.1 Å². The number of amides is 1. The van der Waals surface area contributed by atoms with Gasteiger partial charge in [0.05, 0.1) is 17.7 Å². The minimum Gasteiger partial charge on any atom is -0.481 e.